The summed E-state index contributed by atoms with van der Waals surface area (Å²) in [6.07, 6.45) is 2.91. The molecule has 2 saturated heterocycles. The van der Waals surface area contributed by atoms with Crippen LogP contribution in [0.1, 0.15) is 37.0 Å². The molecule has 2 N–H and O–H groups in total. The fourth-order valence-corrected chi connectivity index (χ4v) is 3.20. The van der Waals surface area contributed by atoms with Crippen molar-refractivity contribution < 1.29 is 9.63 Å². The number of aliphatic hydroxyl groups is 1. The molecular formula is C13H22N4O2. The van der Waals surface area contributed by atoms with Crippen LogP contribution >= 0.6 is 0 Å². The molecule has 0 aliphatic carbocycles. The SMILES string of the molecule is Cc1noc([C@H]2C[C@@H](O)CN2CC2CCCNC2)n1. The first kappa shape index (κ1) is 13.0. The van der Waals surface area contributed by atoms with Gasteiger partial charge >= 0.3 is 0 Å². The Labute approximate surface area is 113 Å². The van der Waals surface area contributed by atoms with Crippen LogP contribution in [0.25, 0.3) is 0 Å². The van der Waals surface area contributed by atoms with Crippen molar-refractivity contribution in [2.24, 2.45) is 5.92 Å². The Morgan fingerprint density at radius 3 is 3.11 bits per heavy atom. The second-order valence-corrected chi connectivity index (χ2v) is 5.75. The molecule has 19 heavy (non-hydrogen) atoms. The Morgan fingerprint density at radius 1 is 1.53 bits per heavy atom. The monoisotopic (exact) mass is 266 g/mol. The summed E-state index contributed by atoms with van der Waals surface area (Å²) >= 11 is 0. The third-order valence-corrected chi connectivity index (χ3v) is 4.10. The third kappa shape index (κ3) is 2.96. The summed E-state index contributed by atoms with van der Waals surface area (Å²) in [5.74, 6) is 1.97. The van der Waals surface area contributed by atoms with Gasteiger partial charge in [0.2, 0.25) is 5.89 Å². The number of hydrogen-bond acceptors (Lipinski definition) is 6. The van der Waals surface area contributed by atoms with Crippen LogP contribution < -0.4 is 5.32 Å². The number of likely N-dealkylation sites (tertiary alicyclic amines) is 1. The highest BCUT2D eigenvalue weighted by Gasteiger charge is 2.36. The summed E-state index contributed by atoms with van der Waals surface area (Å²) in [7, 11) is 0. The molecule has 2 fully saturated rings. The molecule has 106 valence electrons. The smallest absolute Gasteiger partial charge is 0.244 e. The zero-order valence-corrected chi connectivity index (χ0v) is 11.4. The molecule has 3 atom stereocenters. The van der Waals surface area contributed by atoms with Crippen molar-refractivity contribution in [3.63, 3.8) is 0 Å². The number of rotatable bonds is 3. The lowest BCUT2D eigenvalue weighted by molar-refractivity contribution is 0.150. The molecule has 1 unspecified atom stereocenters. The third-order valence-electron chi connectivity index (χ3n) is 4.10. The summed E-state index contributed by atoms with van der Waals surface area (Å²) in [5.41, 5.74) is 0. The number of piperidine rings is 1. The quantitative estimate of drug-likeness (QED) is 0.829. The van der Waals surface area contributed by atoms with Crippen LogP contribution in [0.4, 0.5) is 0 Å². The van der Waals surface area contributed by atoms with E-state index in [2.05, 4.69) is 20.4 Å². The van der Waals surface area contributed by atoms with E-state index >= 15 is 0 Å². The van der Waals surface area contributed by atoms with E-state index in [1.54, 1.807) is 0 Å². The maximum Gasteiger partial charge on any atom is 0.244 e. The van der Waals surface area contributed by atoms with Crippen LogP contribution in [0.15, 0.2) is 4.52 Å². The molecule has 2 aliphatic heterocycles. The predicted octanol–water partition coefficient (Wildman–Crippen LogP) is 0.485. The minimum Gasteiger partial charge on any atom is -0.392 e. The Bertz CT molecular complexity index is 417. The van der Waals surface area contributed by atoms with Crippen LogP contribution in [0.5, 0.6) is 0 Å². The van der Waals surface area contributed by atoms with Gasteiger partial charge in [-0.05, 0) is 45.2 Å². The van der Waals surface area contributed by atoms with Gasteiger partial charge in [-0.1, -0.05) is 5.16 Å². The van der Waals surface area contributed by atoms with Crippen molar-refractivity contribution in [1.82, 2.24) is 20.4 Å². The van der Waals surface area contributed by atoms with E-state index in [0.29, 0.717) is 30.6 Å². The van der Waals surface area contributed by atoms with Crippen molar-refractivity contribution in [3.05, 3.63) is 11.7 Å². The molecule has 6 heteroatoms. The second kappa shape index (κ2) is 5.56. The van der Waals surface area contributed by atoms with Crippen LogP contribution in [0, 0.1) is 12.8 Å². The Hall–Kier alpha value is -0.980. The van der Waals surface area contributed by atoms with Gasteiger partial charge in [0.15, 0.2) is 5.82 Å². The van der Waals surface area contributed by atoms with Gasteiger partial charge in [-0.25, -0.2) is 0 Å². The van der Waals surface area contributed by atoms with Crippen molar-refractivity contribution in [2.75, 3.05) is 26.2 Å². The second-order valence-electron chi connectivity index (χ2n) is 5.75. The molecule has 0 bridgehead atoms. The Balaban J connectivity index is 1.67. The van der Waals surface area contributed by atoms with Gasteiger partial charge in [0.05, 0.1) is 12.1 Å². The van der Waals surface area contributed by atoms with Gasteiger partial charge in [-0.15, -0.1) is 0 Å². The number of β-amino-alcohol motifs (C(OH)–C–C–N with tert-alkyl or cyclic N) is 1. The number of aromatic nitrogens is 2. The van der Waals surface area contributed by atoms with Gasteiger partial charge in [0, 0.05) is 13.1 Å². The standard InChI is InChI=1S/C13H22N4O2/c1-9-15-13(19-16-9)12-5-11(18)8-17(12)7-10-3-2-4-14-6-10/h10-12,14,18H,2-8H2,1H3/t10?,11-,12-/m1/s1. The summed E-state index contributed by atoms with van der Waals surface area (Å²) < 4.78 is 5.29. The normalized spacial score (nSPS) is 32.8. The molecular weight excluding hydrogens is 244 g/mol. The summed E-state index contributed by atoms with van der Waals surface area (Å²) in [4.78, 5) is 6.63. The molecule has 6 nitrogen and oxygen atoms in total. The molecule has 1 aromatic rings. The van der Waals surface area contributed by atoms with Gasteiger partial charge in [0.25, 0.3) is 0 Å². The molecule has 0 saturated carbocycles. The van der Waals surface area contributed by atoms with Crippen LogP contribution in [-0.2, 0) is 0 Å². The van der Waals surface area contributed by atoms with Crippen molar-refractivity contribution in [3.8, 4) is 0 Å². The van der Waals surface area contributed by atoms with Gasteiger partial charge in [-0.2, -0.15) is 4.98 Å². The summed E-state index contributed by atoms with van der Waals surface area (Å²) in [6, 6.07) is 0.0816. The highest BCUT2D eigenvalue weighted by molar-refractivity contribution is 4.98. The zero-order valence-electron chi connectivity index (χ0n) is 11.4. The largest absolute Gasteiger partial charge is 0.392 e. The van der Waals surface area contributed by atoms with Gasteiger partial charge in [0.1, 0.15) is 0 Å². The lowest BCUT2D eigenvalue weighted by atomic mass is 9.99. The number of hydrogen-bond donors (Lipinski definition) is 2. The van der Waals surface area contributed by atoms with Gasteiger partial charge in [-0.3, -0.25) is 4.90 Å². The molecule has 3 rings (SSSR count). The molecule has 1 aromatic heterocycles. The van der Waals surface area contributed by atoms with Crippen molar-refractivity contribution in [2.45, 2.75) is 38.3 Å². The fraction of sp³-hybridized carbons (Fsp3) is 0.846. The van der Waals surface area contributed by atoms with Crippen molar-refractivity contribution >= 4 is 0 Å². The molecule has 0 aromatic carbocycles. The average Bonchev–Trinajstić information content (AvgIpc) is 2.97. The molecule has 0 spiro atoms. The number of nitrogens with zero attached hydrogens (tertiary/aromatic N) is 3. The predicted molar refractivity (Wildman–Crippen MR) is 69.6 cm³/mol. The van der Waals surface area contributed by atoms with Crippen LogP contribution in [0.2, 0.25) is 0 Å². The van der Waals surface area contributed by atoms with E-state index in [1.807, 2.05) is 6.92 Å². The van der Waals surface area contributed by atoms with Crippen LogP contribution in [-0.4, -0.2) is 52.4 Å². The number of nitrogens with one attached hydrogen (secondary N) is 1. The molecule has 2 aliphatic rings. The van der Waals surface area contributed by atoms with E-state index in [4.69, 9.17) is 4.52 Å². The van der Waals surface area contributed by atoms with Crippen LogP contribution in [0.3, 0.4) is 0 Å². The van der Waals surface area contributed by atoms with E-state index in [0.717, 1.165) is 19.6 Å². The minimum absolute atomic E-state index is 0.0816. The maximum atomic E-state index is 9.92. The first-order valence-electron chi connectivity index (χ1n) is 7.15. The molecule has 3 heterocycles. The fourth-order valence-electron chi connectivity index (χ4n) is 3.20. The summed E-state index contributed by atoms with van der Waals surface area (Å²) in [5, 5.41) is 17.2. The van der Waals surface area contributed by atoms with Gasteiger partial charge < -0.3 is 14.9 Å². The molecule has 0 radical (unpaired) electrons. The average molecular weight is 266 g/mol. The lowest BCUT2D eigenvalue weighted by Crippen LogP contribution is -2.38. The van der Waals surface area contributed by atoms with E-state index in [1.165, 1.54) is 12.8 Å². The van der Waals surface area contributed by atoms with E-state index in [9.17, 15) is 5.11 Å². The highest BCUT2D eigenvalue weighted by Crippen LogP contribution is 2.32. The minimum atomic E-state index is -0.284. The highest BCUT2D eigenvalue weighted by atomic mass is 16.5. The van der Waals surface area contributed by atoms with E-state index < -0.39 is 0 Å². The van der Waals surface area contributed by atoms with Crippen molar-refractivity contribution in [1.29, 1.82) is 0 Å². The summed E-state index contributed by atoms with van der Waals surface area (Å²) in [6.45, 7) is 5.74. The van der Waals surface area contributed by atoms with E-state index in [-0.39, 0.29) is 12.1 Å². The maximum absolute atomic E-state index is 9.92. The Morgan fingerprint density at radius 2 is 2.42 bits per heavy atom. The number of aryl methyl sites for hydroxylation is 1. The number of aliphatic hydroxyl groups excluding tert-OH is 1. The first-order valence-corrected chi connectivity index (χ1v) is 7.15. The lowest BCUT2D eigenvalue weighted by Gasteiger charge is -2.29. The molecule has 0 amide bonds. The zero-order chi connectivity index (χ0) is 13.2. The topological polar surface area (TPSA) is 74.4 Å². The Kier molecular flexibility index (Phi) is 3.81. The first-order chi connectivity index (χ1) is 9.22.